The van der Waals surface area contributed by atoms with E-state index >= 15 is 0 Å². The Kier molecular flexibility index (Phi) is 3.97. The van der Waals surface area contributed by atoms with Crippen LogP contribution in [0.15, 0.2) is 36.5 Å². The molecule has 1 aliphatic carbocycles. The maximum absolute atomic E-state index is 11.9. The molecule has 124 valence electrons. The molecule has 1 aliphatic heterocycles. The molecule has 4 nitrogen and oxygen atoms in total. The zero-order valence-corrected chi connectivity index (χ0v) is 14.1. The van der Waals surface area contributed by atoms with Crippen molar-refractivity contribution in [3.63, 3.8) is 0 Å². The summed E-state index contributed by atoms with van der Waals surface area (Å²) in [5.41, 5.74) is 4.90. The topological polar surface area (TPSA) is 45.2 Å². The lowest BCUT2D eigenvalue weighted by Crippen LogP contribution is -2.18. The van der Waals surface area contributed by atoms with Crippen LogP contribution in [-0.4, -0.2) is 24.0 Å². The largest absolute Gasteiger partial charge is 0.371 e. The molecule has 0 spiro atoms. The van der Waals surface area contributed by atoms with Crippen molar-refractivity contribution < 1.29 is 4.79 Å². The van der Waals surface area contributed by atoms with Crippen molar-refractivity contribution in [1.82, 2.24) is 4.98 Å². The highest BCUT2D eigenvalue weighted by molar-refractivity contribution is 5.93. The second kappa shape index (κ2) is 6.27. The fourth-order valence-electron chi connectivity index (χ4n) is 3.40. The van der Waals surface area contributed by atoms with Crippen molar-refractivity contribution in [3.05, 3.63) is 42.1 Å². The average Bonchev–Trinajstić information content (AvgIpc) is 3.31. The Labute approximate surface area is 142 Å². The van der Waals surface area contributed by atoms with E-state index in [9.17, 15) is 4.79 Å². The Morgan fingerprint density at radius 2 is 1.88 bits per heavy atom. The molecule has 1 aromatic carbocycles. The van der Waals surface area contributed by atoms with Crippen LogP contribution in [0, 0.1) is 12.8 Å². The summed E-state index contributed by atoms with van der Waals surface area (Å²) in [6.07, 6.45) is 6.35. The first kappa shape index (κ1) is 15.2. The van der Waals surface area contributed by atoms with Gasteiger partial charge in [-0.15, -0.1) is 0 Å². The number of rotatable bonds is 4. The monoisotopic (exact) mass is 321 g/mol. The van der Waals surface area contributed by atoms with Gasteiger partial charge in [0, 0.05) is 30.9 Å². The van der Waals surface area contributed by atoms with Crippen LogP contribution in [0.1, 0.15) is 31.2 Å². The molecule has 4 heteroatoms. The lowest BCUT2D eigenvalue weighted by atomic mass is 10.0. The van der Waals surface area contributed by atoms with Gasteiger partial charge in [0.1, 0.15) is 5.82 Å². The highest BCUT2D eigenvalue weighted by atomic mass is 16.2. The van der Waals surface area contributed by atoms with Gasteiger partial charge in [-0.2, -0.15) is 0 Å². The Morgan fingerprint density at radius 1 is 1.12 bits per heavy atom. The highest BCUT2D eigenvalue weighted by Gasteiger charge is 2.29. The molecule has 1 saturated carbocycles. The number of hydrogen-bond donors (Lipinski definition) is 1. The summed E-state index contributed by atoms with van der Waals surface area (Å²) >= 11 is 0. The van der Waals surface area contributed by atoms with E-state index in [0.29, 0.717) is 5.82 Å². The number of benzene rings is 1. The number of carbonyl (C=O) groups excluding carboxylic acids is 1. The molecule has 2 fully saturated rings. The number of pyridine rings is 1. The minimum Gasteiger partial charge on any atom is -0.371 e. The molecule has 0 atom stereocenters. The number of anilines is 2. The van der Waals surface area contributed by atoms with Gasteiger partial charge in [0.15, 0.2) is 0 Å². The molecule has 2 aromatic rings. The average molecular weight is 321 g/mol. The molecule has 24 heavy (non-hydrogen) atoms. The first-order valence-electron chi connectivity index (χ1n) is 8.83. The summed E-state index contributed by atoms with van der Waals surface area (Å²) in [5, 5.41) is 2.93. The highest BCUT2D eigenvalue weighted by Crippen LogP contribution is 2.31. The standard InChI is InChI=1S/C20H23N3O/c1-14-12-16(6-7-18(14)23-10-2-3-11-23)17-8-9-21-19(13-17)22-20(24)15-4-5-15/h6-9,12-13,15H,2-5,10-11H2,1H3,(H,21,22,24). The summed E-state index contributed by atoms with van der Waals surface area (Å²) in [7, 11) is 0. The third kappa shape index (κ3) is 3.14. The lowest BCUT2D eigenvalue weighted by Gasteiger charge is -2.20. The van der Waals surface area contributed by atoms with Crippen LogP contribution < -0.4 is 10.2 Å². The summed E-state index contributed by atoms with van der Waals surface area (Å²) < 4.78 is 0. The van der Waals surface area contributed by atoms with Gasteiger partial charge in [-0.05, 0) is 73.6 Å². The van der Waals surface area contributed by atoms with E-state index in [2.05, 4.69) is 40.3 Å². The van der Waals surface area contributed by atoms with Crippen LogP contribution in [0.25, 0.3) is 11.1 Å². The van der Waals surface area contributed by atoms with Crippen LogP contribution in [-0.2, 0) is 4.79 Å². The van der Waals surface area contributed by atoms with Gasteiger partial charge in [-0.3, -0.25) is 4.79 Å². The van der Waals surface area contributed by atoms with E-state index in [-0.39, 0.29) is 11.8 Å². The van der Waals surface area contributed by atoms with Gasteiger partial charge < -0.3 is 10.2 Å². The normalized spacial score (nSPS) is 17.1. The molecule has 1 amide bonds. The van der Waals surface area contributed by atoms with Crippen LogP contribution in [0.2, 0.25) is 0 Å². The van der Waals surface area contributed by atoms with E-state index in [0.717, 1.165) is 31.5 Å². The minimum atomic E-state index is 0.0974. The Balaban J connectivity index is 1.56. The Hall–Kier alpha value is -2.36. The molecule has 2 aliphatic rings. The van der Waals surface area contributed by atoms with Gasteiger partial charge in [0.2, 0.25) is 5.91 Å². The van der Waals surface area contributed by atoms with E-state index in [1.54, 1.807) is 6.20 Å². The fourth-order valence-corrected chi connectivity index (χ4v) is 3.40. The quantitative estimate of drug-likeness (QED) is 0.925. The third-order valence-corrected chi connectivity index (χ3v) is 4.94. The second-order valence-electron chi connectivity index (χ2n) is 6.89. The number of aromatic nitrogens is 1. The number of nitrogens with one attached hydrogen (secondary N) is 1. The Morgan fingerprint density at radius 3 is 2.58 bits per heavy atom. The lowest BCUT2D eigenvalue weighted by molar-refractivity contribution is -0.117. The second-order valence-corrected chi connectivity index (χ2v) is 6.89. The fraction of sp³-hybridized carbons (Fsp3) is 0.400. The summed E-state index contributed by atoms with van der Waals surface area (Å²) in [4.78, 5) is 18.7. The molecule has 4 rings (SSSR count). The molecular formula is C20H23N3O. The van der Waals surface area contributed by atoms with E-state index in [1.807, 2.05) is 12.1 Å². The molecule has 0 radical (unpaired) electrons. The Bertz CT molecular complexity index is 761. The zero-order chi connectivity index (χ0) is 16.5. The minimum absolute atomic E-state index is 0.0974. The van der Waals surface area contributed by atoms with Crippen molar-refractivity contribution in [2.45, 2.75) is 32.6 Å². The van der Waals surface area contributed by atoms with E-state index < -0.39 is 0 Å². The maximum atomic E-state index is 11.9. The predicted molar refractivity (Wildman–Crippen MR) is 97.2 cm³/mol. The first-order chi connectivity index (χ1) is 11.7. The molecule has 1 N–H and O–H groups in total. The van der Waals surface area contributed by atoms with Crippen molar-refractivity contribution in [1.29, 1.82) is 0 Å². The van der Waals surface area contributed by atoms with E-state index in [4.69, 9.17) is 0 Å². The van der Waals surface area contributed by atoms with E-state index in [1.165, 1.54) is 29.7 Å². The number of carbonyl (C=O) groups is 1. The predicted octanol–water partition coefficient (Wildman–Crippen LogP) is 4.01. The molecule has 1 saturated heterocycles. The van der Waals surface area contributed by atoms with Gasteiger partial charge in [-0.1, -0.05) is 6.07 Å². The summed E-state index contributed by atoms with van der Waals surface area (Å²) in [6, 6.07) is 10.6. The first-order valence-corrected chi connectivity index (χ1v) is 8.83. The van der Waals surface area contributed by atoms with Gasteiger partial charge in [0.25, 0.3) is 0 Å². The number of hydrogen-bond acceptors (Lipinski definition) is 3. The molecule has 0 bridgehead atoms. The molecule has 1 aromatic heterocycles. The SMILES string of the molecule is Cc1cc(-c2ccnc(NC(=O)C3CC3)c2)ccc1N1CCCC1. The summed E-state index contributed by atoms with van der Waals surface area (Å²) in [5.74, 6) is 0.934. The summed E-state index contributed by atoms with van der Waals surface area (Å²) in [6.45, 7) is 4.49. The van der Waals surface area contributed by atoms with Gasteiger partial charge >= 0.3 is 0 Å². The number of amides is 1. The van der Waals surface area contributed by atoms with Crippen LogP contribution in [0.5, 0.6) is 0 Å². The number of nitrogens with zero attached hydrogens (tertiary/aromatic N) is 2. The van der Waals surface area contributed by atoms with Crippen LogP contribution in [0.4, 0.5) is 11.5 Å². The smallest absolute Gasteiger partial charge is 0.228 e. The zero-order valence-electron chi connectivity index (χ0n) is 14.1. The van der Waals surface area contributed by atoms with Crippen molar-refractivity contribution in [2.24, 2.45) is 5.92 Å². The van der Waals surface area contributed by atoms with Crippen molar-refractivity contribution in [2.75, 3.05) is 23.3 Å². The molecule has 0 unspecified atom stereocenters. The number of aryl methyl sites for hydroxylation is 1. The molecular weight excluding hydrogens is 298 g/mol. The van der Waals surface area contributed by atoms with Gasteiger partial charge in [0.05, 0.1) is 0 Å². The van der Waals surface area contributed by atoms with Crippen molar-refractivity contribution >= 4 is 17.4 Å². The van der Waals surface area contributed by atoms with Crippen molar-refractivity contribution in [3.8, 4) is 11.1 Å². The van der Waals surface area contributed by atoms with Crippen LogP contribution >= 0.6 is 0 Å². The maximum Gasteiger partial charge on any atom is 0.228 e. The molecule has 2 heterocycles. The van der Waals surface area contributed by atoms with Gasteiger partial charge in [-0.25, -0.2) is 4.98 Å². The third-order valence-electron chi connectivity index (χ3n) is 4.94. The van der Waals surface area contributed by atoms with Crippen LogP contribution in [0.3, 0.4) is 0 Å².